The van der Waals surface area contributed by atoms with E-state index >= 15 is 0 Å². The molecule has 2 rings (SSSR count). The Kier molecular flexibility index (Phi) is 3.97. The molecule has 0 radical (unpaired) electrons. The van der Waals surface area contributed by atoms with E-state index in [0.29, 0.717) is 5.92 Å². The van der Waals surface area contributed by atoms with Crippen LogP contribution in [0.1, 0.15) is 68.4 Å². The Labute approximate surface area is 103 Å². The van der Waals surface area contributed by atoms with Gasteiger partial charge in [-0.3, -0.25) is 4.79 Å². The molecule has 3 heteroatoms. The first-order valence-electron chi connectivity index (χ1n) is 6.82. The molecule has 1 N–H and O–H groups in total. The monoisotopic (exact) mass is 234 g/mol. The van der Waals surface area contributed by atoms with Gasteiger partial charge in [-0.25, -0.2) is 4.98 Å². The van der Waals surface area contributed by atoms with Gasteiger partial charge < -0.3 is 4.98 Å². The van der Waals surface area contributed by atoms with Crippen molar-refractivity contribution in [3.8, 4) is 0 Å². The van der Waals surface area contributed by atoms with Crippen LogP contribution in [0.4, 0.5) is 0 Å². The van der Waals surface area contributed by atoms with Gasteiger partial charge in [-0.2, -0.15) is 0 Å². The van der Waals surface area contributed by atoms with Gasteiger partial charge in [0.15, 0.2) is 0 Å². The Balaban J connectivity index is 2.29. The molecule has 1 aliphatic rings. The largest absolute Gasteiger partial charge is 0.310 e. The van der Waals surface area contributed by atoms with Crippen LogP contribution in [0, 0.1) is 6.92 Å². The SMILES string of the molecule is CCc1c(C)nc(C2CCCCCC2)[nH]c1=O. The minimum atomic E-state index is 0.0687. The van der Waals surface area contributed by atoms with E-state index < -0.39 is 0 Å². The normalized spacial score (nSPS) is 18.0. The Hall–Kier alpha value is -1.12. The van der Waals surface area contributed by atoms with Gasteiger partial charge >= 0.3 is 0 Å². The molecule has 1 heterocycles. The van der Waals surface area contributed by atoms with Crippen LogP contribution < -0.4 is 5.56 Å². The molecule has 17 heavy (non-hydrogen) atoms. The summed E-state index contributed by atoms with van der Waals surface area (Å²) in [5.41, 5.74) is 1.82. The molecule has 3 nitrogen and oxygen atoms in total. The Morgan fingerprint density at radius 1 is 1.24 bits per heavy atom. The molecule has 0 aliphatic heterocycles. The van der Waals surface area contributed by atoms with Gasteiger partial charge in [0.25, 0.3) is 5.56 Å². The fraction of sp³-hybridized carbons (Fsp3) is 0.714. The number of hydrogen-bond acceptors (Lipinski definition) is 2. The Morgan fingerprint density at radius 2 is 1.88 bits per heavy atom. The third-order valence-corrected chi connectivity index (χ3v) is 3.84. The molecule has 0 aromatic carbocycles. The summed E-state index contributed by atoms with van der Waals surface area (Å²) in [7, 11) is 0. The zero-order chi connectivity index (χ0) is 12.3. The highest BCUT2D eigenvalue weighted by Crippen LogP contribution is 2.29. The summed E-state index contributed by atoms with van der Waals surface area (Å²) in [4.78, 5) is 19.5. The number of hydrogen-bond donors (Lipinski definition) is 1. The molecular formula is C14H22N2O. The fourth-order valence-corrected chi connectivity index (χ4v) is 2.79. The first kappa shape index (κ1) is 12.3. The summed E-state index contributed by atoms with van der Waals surface area (Å²) < 4.78 is 0. The second-order valence-corrected chi connectivity index (χ2v) is 5.06. The number of H-pyrrole nitrogens is 1. The van der Waals surface area contributed by atoms with Crippen LogP contribution >= 0.6 is 0 Å². The Bertz CT molecular complexity index is 428. The van der Waals surface area contributed by atoms with Crippen LogP contribution in [0.15, 0.2) is 4.79 Å². The zero-order valence-corrected chi connectivity index (χ0v) is 10.9. The summed E-state index contributed by atoms with van der Waals surface area (Å²) in [6.07, 6.45) is 8.30. The van der Waals surface area contributed by atoms with Crippen molar-refractivity contribution in [3.05, 3.63) is 27.4 Å². The molecule has 0 atom stereocenters. The van der Waals surface area contributed by atoms with E-state index in [2.05, 4.69) is 9.97 Å². The van der Waals surface area contributed by atoms with Crippen LogP contribution in [0.3, 0.4) is 0 Å². The minimum Gasteiger partial charge on any atom is -0.310 e. The molecule has 0 bridgehead atoms. The quantitative estimate of drug-likeness (QED) is 0.799. The lowest BCUT2D eigenvalue weighted by Crippen LogP contribution is -2.20. The lowest BCUT2D eigenvalue weighted by molar-refractivity contribution is 0.555. The topological polar surface area (TPSA) is 45.8 Å². The van der Waals surface area contributed by atoms with Crippen molar-refractivity contribution >= 4 is 0 Å². The summed E-state index contributed by atoms with van der Waals surface area (Å²) >= 11 is 0. The summed E-state index contributed by atoms with van der Waals surface area (Å²) in [5.74, 6) is 1.39. The maximum atomic E-state index is 11.9. The predicted molar refractivity (Wildman–Crippen MR) is 69.4 cm³/mol. The minimum absolute atomic E-state index is 0.0687. The van der Waals surface area contributed by atoms with Gasteiger partial charge in [0.05, 0.1) is 0 Å². The number of rotatable bonds is 2. The first-order valence-corrected chi connectivity index (χ1v) is 6.82. The molecule has 1 aromatic heterocycles. The predicted octanol–water partition coefficient (Wildman–Crippen LogP) is 3.08. The number of aromatic amines is 1. The Morgan fingerprint density at radius 3 is 2.41 bits per heavy atom. The molecule has 0 amide bonds. The average Bonchev–Trinajstić information content (AvgIpc) is 2.57. The standard InChI is InChI=1S/C14H22N2O/c1-3-12-10(2)15-13(16-14(12)17)11-8-6-4-5-7-9-11/h11H,3-9H2,1-2H3,(H,15,16,17). The number of aromatic nitrogens is 2. The number of aryl methyl sites for hydroxylation is 1. The molecule has 0 saturated heterocycles. The van der Waals surface area contributed by atoms with Gasteiger partial charge in [-0.05, 0) is 26.2 Å². The summed E-state index contributed by atoms with van der Waals surface area (Å²) in [6, 6.07) is 0. The second-order valence-electron chi connectivity index (χ2n) is 5.06. The molecule has 1 fully saturated rings. The summed E-state index contributed by atoms with van der Waals surface area (Å²) in [6.45, 7) is 3.96. The van der Waals surface area contributed by atoms with Crippen LogP contribution in [-0.2, 0) is 6.42 Å². The van der Waals surface area contributed by atoms with Crippen molar-refractivity contribution in [3.63, 3.8) is 0 Å². The molecule has 1 aliphatic carbocycles. The fourth-order valence-electron chi connectivity index (χ4n) is 2.79. The van der Waals surface area contributed by atoms with Crippen LogP contribution in [-0.4, -0.2) is 9.97 Å². The highest BCUT2D eigenvalue weighted by Gasteiger charge is 2.18. The smallest absolute Gasteiger partial charge is 0.254 e. The molecule has 94 valence electrons. The van der Waals surface area contributed by atoms with Gasteiger partial charge in [-0.1, -0.05) is 32.6 Å². The van der Waals surface area contributed by atoms with E-state index in [9.17, 15) is 4.79 Å². The van der Waals surface area contributed by atoms with Crippen LogP contribution in [0.2, 0.25) is 0 Å². The van der Waals surface area contributed by atoms with E-state index in [1.807, 2.05) is 13.8 Å². The maximum absolute atomic E-state index is 11.9. The molecule has 0 spiro atoms. The van der Waals surface area contributed by atoms with Crippen molar-refractivity contribution in [1.29, 1.82) is 0 Å². The third kappa shape index (κ3) is 2.76. The number of nitrogens with one attached hydrogen (secondary N) is 1. The van der Waals surface area contributed by atoms with E-state index in [4.69, 9.17) is 0 Å². The number of nitrogens with zero attached hydrogens (tertiary/aromatic N) is 1. The maximum Gasteiger partial charge on any atom is 0.254 e. The average molecular weight is 234 g/mol. The van der Waals surface area contributed by atoms with E-state index in [1.54, 1.807) is 0 Å². The molecular weight excluding hydrogens is 212 g/mol. The van der Waals surface area contributed by atoms with Gasteiger partial charge in [-0.15, -0.1) is 0 Å². The van der Waals surface area contributed by atoms with Crippen LogP contribution in [0.25, 0.3) is 0 Å². The van der Waals surface area contributed by atoms with Crippen molar-refractivity contribution in [2.45, 2.75) is 64.7 Å². The van der Waals surface area contributed by atoms with Gasteiger partial charge in [0, 0.05) is 17.2 Å². The van der Waals surface area contributed by atoms with Crippen molar-refractivity contribution < 1.29 is 0 Å². The summed E-state index contributed by atoms with van der Waals surface area (Å²) in [5, 5.41) is 0. The highest BCUT2D eigenvalue weighted by molar-refractivity contribution is 5.17. The third-order valence-electron chi connectivity index (χ3n) is 3.84. The van der Waals surface area contributed by atoms with E-state index in [1.165, 1.54) is 38.5 Å². The zero-order valence-electron chi connectivity index (χ0n) is 10.9. The van der Waals surface area contributed by atoms with Crippen molar-refractivity contribution in [1.82, 2.24) is 9.97 Å². The van der Waals surface area contributed by atoms with Gasteiger partial charge in [0.1, 0.15) is 5.82 Å². The van der Waals surface area contributed by atoms with Crippen molar-refractivity contribution in [2.24, 2.45) is 0 Å². The lowest BCUT2D eigenvalue weighted by atomic mass is 9.99. The lowest BCUT2D eigenvalue weighted by Gasteiger charge is -2.14. The van der Waals surface area contributed by atoms with Crippen molar-refractivity contribution in [2.75, 3.05) is 0 Å². The second kappa shape index (κ2) is 5.48. The van der Waals surface area contributed by atoms with E-state index in [-0.39, 0.29) is 5.56 Å². The van der Waals surface area contributed by atoms with Gasteiger partial charge in [0.2, 0.25) is 0 Å². The van der Waals surface area contributed by atoms with Crippen LogP contribution in [0.5, 0.6) is 0 Å². The molecule has 1 aromatic rings. The molecule has 1 saturated carbocycles. The highest BCUT2D eigenvalue weighted by atomic mass is 16.1. The molecule has 0 unspecified atom stereocenters. The van der Waals surface area contributed by atoms with E-state index in [0.717, 1.165) is 23.5 Å². The first-order chi connectivity index (χ1) is 8.22.